The van der Waals surface area contributed by atoms with E-state index in [-0.39, 0.29) is 11.7 Å². The number of carbonyl (C=O) groups excluding carboxylic acids is 1. The van der Waals surface area contributed by atoms with Gasteiger partial charge in [-0.3, -0.25) is 4.79 Å². The molecule has 156 valence electrons. The highest BCUT2D eigenvalue weighted by Crippen LogP contribution is 2.32. The lowest BCUT2D eigenvalue weighted by atomic mass is 9.94. The van der Waals surface area contributed by atoms with E-state index < -0.39 is 0 Å². The summed E-state index contributed by atoms with van der Waals surface area (Å²) in [5, 5.41) is 7.58. The van der Waals surface area contributed by atoms with Crippen LogP contribution in [0.25, 0.3) is 17.1 Å². The van der Waals surface area contributed by atoms with Crippen molar-refractivity contribution in [3.8, 4) is 17.1 Å². The Morgan fingerprint density at radius 3 is 2.80 bits per heavy atom. The van der Waals surface area contributed by atoms with Crippen LogP contribution in [0.15, 0.2) is 30.7 Å². The molecule has 9 heteroatoms. The second-order valence-corrected chi connectivity index (χ2v) is 7.74. The number of carbonyl (C=O) groups is 1. The average molecular weight is 406 g/mol. The molecule has 1 amide bonds. The van der Waals surface area contributed by atoms with Gasteiger partial charge in [-0.05, 0) is 36.7 Å². The van der Waals surface area contributed by atoms with Gasteiger partial charge in [0.25, 0.3) is 5.91 Å². The fraction of sp³-hybridized carbons (Fsp3) is 0.333. The Morgan fingerprint density at radius 1 is 1.27 bits per heavy atom. The maximum absolute atomic E-state index is 12.2. The lowest BCUT2D eigenvalue weighted by Gasteiger charge is -2.27. The Balaban J connectivity index is 1.76. The van der Waals surface area contributed by atoms with Gasteiger partial charge in [0, 0.05) is 51.7 Å². The molecule has 0 atom stereocenters. The van der Waals surface area contributed by atoms with Crippen molar-refractivity contribution in [1.82, 2.24) is 29.5 Å². The zero-order valence-corrected chi connectivity index (χ0v) is 17.7. The maximum Gasteiger partial charge on any atom is 0.256 e. The highest BCUT2D eigenvalue weighted by molar-refractivity contribution is 5.93. The minimum atomic E-state index is -0.138. The minimum Gasteiger partial charge on any atom is -0.388 e. The molecule has 1 aliphatic rings. The van der Waals surface area contributed by atoms with Crippen molar-refractivity contribution in [2.45, 2.75) is 13.0 Å². The molecule has 1 aromatic carbocycles. The number of benzene rings is 1. The Kier molecular flexibility index (Phi) is 5.13. The fourth-order valence-corrected chi connectivity index (χ4v) is 3.72. The van der Waals surface area contributed by atoms with Crippen molar-refractivity contribution in [3.63, 3.8) is 0 Å². The summed E-state index contributed by atoms with van der Waals surface area (Å²) in [6.07, 6.45) is 5.80. The predicted octanol–water partition coefficient (Wildman–Crippen LogP) is 1.64. The van der Waals surface area contributed by atoms with Gasteiger partial charge in [0.05, 0.1) is 23.7 Å². The molecule has 3 N–H and O–H groups in total. The molecule has 9 nitrogen and oxygen atoms in total. The van der Waals surface area contributed by atoms with E-state index in [4.69, 9.17) is 10.7 Å². The van der Waals surface area contributed by atoms with Crippen molar-refractivity contribution in [3.05, 3.63) is 47.4 Å². The Labute approximate surface area is 175 Å². The van der Waals surface area contributed by atoms with Crippen LogP contribution in [0, 0.1) is 0 Å². The molecular weight excluding hydrogens is 380 g/mol. The van der Waals surface area contributed by atoms with Crippen molar-refractivity contribution in [2.75, 3.05) is 45.8 Å². The van der Waals surface area contributed by atoms with Crippen LogP contribution in [0.5, 0.6) is 0 Å². The minimum absolute atomic E-state index is 0.138. The van der Waals surface area contributed by atoms with Crippen LogP contribution in [-0.2, 0) is 13.0 Å². The van der Waals surface area contributed by atoms with Crippen molar-refractivity contribution in [2.24, 2.45) is 0 Å². The average Bonchev–Trinajstić information content (AvgIpc) is 3.22. The highest BCUT2D eigenvalue weighted by atomic mass is 16.2. The second kappa shape index (κ2) is 7.75. The number of nitrogens with zero attached hydrogens (tertiary/aromatic N) is 6. The summed E-state index contributed by atoms with van der Waals surface area (Å²) in [4.78, 5) is 25.0. The van der Waals surface area contributed by atoms with Gasteiger partial charge < -0.3 is 20.9 Å². The summed E-state index contributed by atoms with van der Waals surface area (Å²) in [5.41, 5.74) is 11.9. The second-order valence-electron chi connectivity index (χ2n) is 7.74. The topological polar surface area (TPSA) is 105 Å². The summed E-state index contributed by atoms with van der Waals surface area (Å²) < 4.78 is 1.49. The third-order valence-electron chi connectivity index (χ3n) is 5.33. The summed E-state index contributed by atoms with van der Waals surface area (Å²) in [5.74, 6) is 0.504. The first-order chi connectivity index (χ1) is 14.4. The lowest BCUT2D eigenvalue weighted by Crippen LogP contribution is -2.27. The van der Waals surface area contributed by atoms with Crippen LogP contribution >= 0.6 is 0 Å². The lowest BCUT2D eigenvalue weighted by molar-refractivity contribution is 0.0827. The van der Waals surface area contributed by atoms with E-state index in [1.807, 2.05) is 7.05 Å². The molecule has 0 saturated carbocycles. The number of aromatic nitrogens is 4. The number of nitrogens with one attached hydrogen (secondary N) is 1. The molecule has 0 bridgehead atoms. The van der Waals surface area contributed by atoms with Gasteiger partial charge in [0.2, 0.25) is 0 Å². The largest absolute Gasteiger partial charge is 0.388 e. The van der Waals surface area contributed by atoms with Crippen molar-refractivity contribution in [1.29, 1.82) is 0 Å². The molecule has 4 rings (SSSR count). The van der Waals surface area contributed by atoms with Gasteiger partial charge in [-0.1, -0.05) is 0 Å². The van der Waals surface area contributed by atoms with E-state index in [1.54, 1.807) is 26.5 Å². The van der Waals surface area contributed by atoms with Crippen LogP contribution in [-0.4, -0.2) is 70.2 Å². The molecule has 30 heavy (non-hydrogen) atoms. The van der Waals surface area contributed by atoms with Gasteiger partial charge in [0.15, 0.2) is 11.6 Å². The van der Waals surface area contributed by atoms with E-state index >= 15 is 0 Å². The molecule has 0 radical (unpaired) electrons. The number of nitrogens with two attached hydrogens (primary N) is 1. The zero-order chi connectivity index (χ0) is 21.4. The summed E-state index contributed by atoms with van der Waals surface area (Å²) in [6.45, 7) is 1.93. The molecule has 2 aromatic heterocycles. The summed E-state index contributed by atoms with van der Waals surface area (Å²) >= 11 is 0. The molecule has 0 aliphatic carbocycles. The number of likely N-dealkylation sites (N-methyl/N-ethyl adjacent to an activating group) is 1. The molecule has 0 unspecified atom stereocenters. The van der Waals surface area contributed by atoms with E-state index in [9.17, 15) is 4.79 Å². The number of hydrogen-bond donors (Lipinski definition) is 2. The van der Waals surface area contributed by atoms with E-state index in [1.165, 1.54) is 26.9 Å². The Morgan fingerprint density at radius 2 is 2.07 bits per heavy atom. The molecule has 0 saturated heterocycles. The molecular formula is C21H26N8O. The standard InChI is InChI=1S/C21H26N8O/c1-23-17-8-13(7-14-11-28(4)6-5-16(14)17)18-10-24-19(22)20(26-18)29-12-15(9-25-29)21(30)27(2)3/h7-10,12,23H,5-6,11H2,1-4H3,(H2,22,24). The number of nitrogen functional groups attached to an aromatic ring is 1. The number of amides is 1. The third kappa shape index (κ3) is 3.59. The molecule has 0 spiro atoms. The number of hydrogen-bond acceptors (Lipinski definition) is 7. The van der Waals surface area contributed by atoms with Crippen molar-refractivity contribution >= 4 is 17.4 Å². The van der Waals surface area contributed by atoms with Crippen LogP contribution in [0.2, 0.25) is 0 Å². The van der Waals surface area contributed by atoms with E-state index in [2.05, 4.69) is 39.5 Å². The SMILES string of the molecule is CNc1cc(-c2cnc(N)c(-n3cc(C(=O)N(C)C)cn3)n2)cc2c1CCN(C)C2. The van der Waals surface area contributed by atoms with Crippen molar-refractivity contribution < 1.29 is 4.79 Å². The van der Waals surface area contributed by atoms with E-state index in [0.29, 0.717) is 17.1 Å². The predicted molar refractivity (Wildman–Crippen MR) is 117 cm³/mol. The number of rotatable bonds is 4. The number of anilines is 2. The summed E-state index contributed by atoms with van der Waals surface area (Å²) in [7, 11) is 7.45. The van der Waals surface area contributed by atoms with Crippen LogP contribution in [0.1, 0.15) is 21.5 Å². The first kappa shape index (κ1) is 19.8. The smallest absolute Gasteiger partial charge is 0.256 e. The maximum atomic E-state index is 12.2. The van der Waals surface area contributed by atoms with Gasteiger partial charge >= 0.3 is 0 Å². The summed E-state index contributed by atoms with van der Waals surface area (Å²) in [6, 6.07) is 4.26. The first-order valence-corrected chi connectivity index (χ1v) is 9.79. The van der Waals surface area contributed by atoms with Gasteiger partial charge in [-0.15, -0.1) is 0 Å². The number of fused-ring (bicyclic) bond motifs is 1. The fourth-order valence-electron chi connectivity index (χ4n) is 3.72. The normalized spacial score (nSPS) is 13.7. The first-order valence-electron chi connectivity index (χ1n) is 9.79. The molecule has 3 heterocycles. The van der Waals surface area contributed by atoms with Gasteiger partial charge in [-0.25, -0.2) is 14.6 Å². The van der Waals surface area contributed by atoms with Crippen LogP contribution in [0.4, 0.5) is 11.5 Å². The quantitative estimate of drug-likeness (QED) is 0.679. The monoisotopic (exact) mass is 406 g/mol. The molecule has 3 aromatic rings. The third-order valence-corrected chi connectivity index (χ3v) is 5.33. The zero-order valence-electron chi connectivity index (χ0n) is 17.7. The van der Waals surface area contributed by atoms with Crippen LogP contribution < -0.4 is 11.1 Å². The Hall–Kier alpha value is -3.46. The Bertz CT molecular complexity index is 1100. The van der Waals surface area contributed by atoms with Crippen LogP contribution in [0.3, 0.4) is 0 Å². The van der Waals surface area contributed by atoms with E-state index in [0.717, 1.165) is 30.8 Å². The van der Waals surface area contributed by atoms with Gasteiger partial charge in [-0.2, -0.15) is 5.10 Å². The molecule has 0 fully saturated rings. The molecule has 1 aliphatic heterocycles. The van der Waals surface area contributed by atoms with Gasteiger partial charge in [0.1, 0.15) is 0 Å². The highest BCUT2D eigenvalue weighted by Gasteiger charge is 2.19.